The van der Waals surface area contributed by atoms with Crippen LogP contribution in [-0.4, -0.2) is 19.7 Å². The molecular formula is C14H23NO. The van der Waals surface area contributed by atoms with Crippen LogP contribution in [0.2, 0.25) is 0 Å². The molecule has 2 nitrogen and oxygen atoms in total. The van der Waals surface area contributed by atoms with Crippen LogP contribution in [0.3, 0.4) is 0 Å². The fourth-order valence-corrected chi connectivity index (χ4v) is 1.73. The number of hydrogen-bond acceptors (Lipinski definition) is 2. The fourth-order valence-electron chi connectivity index (χ4n) is 1.73. The third-order valence-electron chi connectivity index (χ3n) is 2.84. The lowest BCUT2D eigenvalue weighted by Crippen LogP contribution is -2.25. The summed E-state index contributed by atoms with van der Waals surface area (Å²) < 4.78 is 5.41. The summed E-state index contributed by atoms with van der Waals surface area (Å²) in [6.45, 7) is 9.59. The van der Waals surface area contributed by atoms with E-state index in [1.165, 1.54) is 16.7 Å². The van der Waals surface area contributed by atoms with Crippen molar-refractivity contribution in [3.05, 3.63) is 28.8 Å². The summed E-state index contributed by atoms with van der Waals surface area (Å²) in [4.78, 5) is 0. The zero-order chi connectivity index (χ0) is 12.1. The molecule has 1 N–H and O–H groups in total. The van der Waals surface area contributed by atoms with Gasteiger partial charge in [-0.05, 0) is 49.6 Å². The maximum Gasteiger partial charge on any atom is 0.122 e. The van der Waals surface area contributed by atoms with Gasteiger partial charge < -0.3 is 10.1 Å². The molecule has 0 saturated carbocycles. The second kappa shape index (κ2) is 5.90. The fraction of sp³-hybridized carbons (Fsp3) is 0.571. The van der Waals surface area contributed by atoms with Gasteiger partial charge in [0.05, 0.1) is 7.11 Å². The average Bonchev–Trinajstić information content (AvgIpc) is 2.22. The van der Waals surface area contributed by atoms with Crippen LogP contribution >= 0.6 is 0 Å². The first kappa shape index (κ1) is 13.0. The minimum Gasteiger partial charge on any atom is -0.496 e. The predicted octanol–water partition coefficient (Wildman–Crippen LogP) is 2.85. The summed E-state index contributed by atoms with van der Waals surface area (Å²) >= 11 is 0. The summed E-state index contributed by atoms with van der Waals surface area (Å²) in [6, 6.07) is 4.90. The number of hydrogen-bond donors (Lipinski definition) is 1. The molecule has 0 aliphatic carbocycles. The Hall–Kier alpha value is -1.02. The average molecular weight is 221 g/mol. The minimum absolute atomic E-state index is 0.539. The van der Waals surface area contributed by atoms with Crippen LogP contribution in [0.5, 0.6) is 5.75 Å². The van der Waals surface area contributed by atoms with E-state index in [9.17, 15) is 0 Å². The summed E-state index contributed by atoms with van der Waals surface area (Å²) in [5, 5.41) is 3.42. The quantitative estimate of drug-likeness (QED) is 0.825. The molecule has 0 radical (unpaired) electrons. The Labute approximate surface area is 99.0 Å². The molecule has 0 saturated heterocycles. The van der Waals surface area contributed by atoms with Crippen LogP contribution in [0.25, 0.3) is 0 Å². The van der Waals surface area contributed by atoms with E-state index in [1.54, 1.807) is 7.11 Å². The minimum atomic E-state index is 0.539. The lowest BCUT2D eigenvalue weighted by atomic mass is 10.0. The highest BCUT2D eigenvalue weighted by Gasteiger charge is 2.05. The molecule has 1 aromatic rings. The topological polar surface area (TPSA) is 21.3 Å². The van der Waals surface area contributed by atoms with E-state index in [1.807, 2.05) is 0 Å². The highest BCUT2D eigenvalue weighted by molar-refractivity contribution is 5.41. The van der Waals surface area contributed by atoms with Gasteiger partial charge in [0.1, 0.15) is 5.75 Å². The van der Waals surface area contributed by atoms with Crippen LogP contribution < -0.4 is 10.1 Å². The third-order valence-corrected chi connectivity index (χ3v) is 2.84. The zero-order valence-electron chi connectivity index (χ0n) is 11.1. The molecule has 0 fully saturated rings. The van der Waals surface area contributed by atoms with Gasteiger partial charge >= 0.3 is 0 Å². The van der Waals surface area contributed by atoms with E-state index < -0.39 is 0 Å². The van der Waals surface area contributed by atoms with Gasteiger partial charge in [0.25, 0.3) is 0 Å². The molecule has 16 heavy (non-hydrogen) atoms. The van der Waals surface area contributed by atoms with Crippen molar-refractivity contribution >= 4 is 0 Å². The Kier molecular flexibility index (Phi) is 4.81. The number of benzene rings is 1. The lowest BCUT2D eigenvalue weighted by Gasteiger charge is -2.13. The predicted molar refractivity (Wildman–Crippen MR) is 69.3 cm³/mol. The summed E-state index contributed by atoms with van der Waals surface area (Å²) in [6.07, 6.45) is 1.02. The molecule has 0 atom stereocenters. The smallest absolute Gasteiger partial charge is 0.122 e. The van der Waals surface area contributed by atoms with Gasteiger partial charge in [-0.2, -0.15) is 0 Å². The zero-order valence-corrected chi connectivity index (χ0v) is 11.1. The number of rotatable bonds is 5. The summed E-state index contributed by atoms with van der Waals surface area (Å²) in [5.74, 6) is 1.01. The number of ether oxygens (including phenoxy) is 1. The monoisotopic (exact) mass is 221 g/mol. The van der Waals surface area contributed by atoms with Crippen molar-refractivity contribution in [3.8, 4) is 5.75 Å². The Morgan fingerprint density at radius 1 is 1.19 bits per heavy atom. The highest BCUT2D eigenvalue weighted by Crippen LogP contribution is 2.23. The lowest BCUT2D eigenvalue weighted by molar-refractivity contribution is 0.408. The molecule has 0 amide bonds. The van der Waals surface area contributed by atoms with Gasteiger partial charge in [-0.15, -0.1) is 0 Å². The van der Waals surface area contributed by atoms with Gasteiger partial charge in [-0.25, -0.2) is 0 Å². The van der Waals surface area contributed by atoms with Crippen molar-refractivity contribution in [2.45, 2.75) is 40.2 Å². The molecule has 0 bridgehead atoms. The molecule has 1 rings (SSSR count). The standard InChI is InChI=1S/C14H23NO/c1-10(2)15-7-6-13-8-11(3)12(4)9-14(13)16-5/h8-10,15H,6-7H2,1-5H3. The molecule has 0 aliphatic heterocycles. The summed E-state index contributed by atoms with van der Waals surface area (Å²) in [5.41, 5.74) is 3.91. The van der Waals surface area contributed by atoms with E-state index in [2.05, 4.69) is 45.1 Å². The van der Waals surface area contributed by atoms with E-state index in [0.29, 0.717) is 6.04 Å². The second-order valence-electron chi connectivity index (χ2n) is 4.61. The molecule has 0 unspecified atom stereocenters. The normalized spacial score (nSPS) is 10.9. The number of methoxy groups -OCH3 is 1. The second-order valence-corrected chi connectivity index (χ2v) is 4.61. The van der Waals surface area contributed by atoms with Crippen molar-refractivity contribution in [2.24, 2.45) is 0 Å². The van der Waals surface area contributed by atoms with Gasteiger partial charge in [0.2, 0.25) is 0 Å². The van der Waals surface area contributed by atoms with Gasteiger partial charge in [0, 0.05) is 6.04 Å². The highest BCUT2D eigenvalue weighted by atomic mass is 16.5. The Morgan fingerprint density at radius 3 is 2.38 bits per heavy atom. The molecular weight excluding hydrogens is 198 g/mol. The van der Waals surface area contributed by atoms with Gasteiger partial charge in [-0.3, -0.25) is 0 Å². The SMILES string of the molecule is COc1cc(C)c(C)cc1CCNC(C)C. The Morgan fingerprint density at radius 2 is 1.81 bits per heavy atom. The molecule has 2 heteroatoms. The number of aryl methyl sites for hydroxylation is 2. The van der Waals surface area contributed by atoms with Crippen molar-refractivity contribution in [1.29, 1.82) is 0 Å². The first-order valence-electron chi connectivity index (χ1n) is 5.92. The van der Waals surface area contributed by atoms with Gasteiger partial charge in [0.15, 0.2) is 0 Å². The Balaban J connectivity index is 2.74. The molecule has 0 aliphatic rings. The van der Waals surface area contributed by atoms with E-state index in [-0.39, 0.29) is 0 Å². The molecule has 1 aromatic carbocycles. The summed E-state index contributed by atoms with van der Waals surface area (Å²) in [7, 11) is 1.74. The molecule has 90 valence electrons. The van der Waals surface area contributed by atoms with Crippen LogP contribution in [0.1, 0.15) is 30.5 Å². The van der Waals surface area contributed by atoms with Crippen LogP contribution in [-0.2, 0) is 6.42 Å². The van der Waals surface area contributed by atoms with Gasteiger partial charge in [-0.1, -0.05) is 19.9 Å². The van der Waals surface area contributed by atoms with Crippen LogP contribution in [0, 0.1) is 13.8 Å². The van der Waals surface area contributed by atoms with Crippen molar-refractivity contribution in [3.63, 3.8) is 0 Å². The van der Waals surface area contributed by atoms with E-state index in [0.717, 1.165) is 18.7 Å². The molecule has 0 spiro atoms. The Bertz CT molecular complexity index is 345. The van der Waals surface area contributed by atoms with Crippen LogP contribution in [0.15, 0.2) is 12.1 Å². The number of nitrogens with one attached hydrogen (secondary N) is 1. The van der Waals surface area contributed by atoms with Crippen LogP contribution in [0.4, 0.5) is 0 Å². The van der Waals surface area contributed by atoms with Crippen molar-refractivity contribution in [2.75, 3.05) is 13.7 Å². The first-order chi connectivity index (χ1) is 7.54. The molecule has 0 aromatic heterocycles. The maximum atomic E-state index is 5.41. The van der Waals surface area contributed by atoms with E-state index in [4.69, 9.17) is 4.74 Å². The third kappa shape index (κ3) is 3.53. The first-order valence-corrected chi connectivity index (χ1v) is 5.92. The van der Waals surface area contributed by atoms with Crippen molar-refractivity contribution < 1.29 is 4.74 Å². The van der Waals surface area contributed by atoms with Crippen molar-refractivity contribution in [1.82, 2.24) is 5.32 Å². The van der Waals surface area contributed by atoms with E-state index >= 15 is 0 Å². The molecule has 0 heterocycles. The maximum absolute atomic E-state index is 5.41. The largest absolute Gasteiger partial charge is 0.496 e.